The zero-order chi connectivity index (χ0) is 18.3. The molecule has 4 rings (SSSR count). The van der Waals surface area contributed by atoms with Crippen LogP contribution in [0.4, 0.5) is 0 Å². The van der Waals surface area contributed by atoms with E-state index >= 15 is 0 Å². The molecule has 126 valence electrons. The summed E-state index contributed by atoms with van der Waals surface area (Å²) >= 11 is 0. The van der Waals surface area contributed by atoms with Crippen LogP contribution in [0.2, 0.25) is 0 Å². The highest BCUT2D eigenvalue weighted by atomic mass is 16.4. The summed E-state index contributed by atoms with van der Waals surface area (Å²) in [7, 11) is 0. The fourth-order valence-corrected chi connectivity index (χ4v) is 2.95. The predicted molar refractivity (Wildman–Crippen MR) is 92.8 cm³/mol. The van der Waals surface area contributed by atoms with Crippen LogP contribution in [0.1, 0.15) is 36.6 Å². The number of amides is 2. The number of benzene rings is 3. The lowest BCUT2D eigenvalue weighted by Crippen LogP contribution is -2.36. The highest BCUT2D eigenvalue weighted by molar-refractivity contribution is 6.25. The molecule has 0 atom stereocenters. The minimum atomic E-state index is -1.28. The standard InChI is InChI=1S/C20H12N2O4/c23-18-15-5-1-3-13-4-2-6-16(17(13)15)19(24)22(18)21-11-12-7-9-14(10-8-12)20(25)26/h1-11H,(H,25,26)/p-1. The summed E-state index contributed by atoms with van der Waals surface area (Å²) in [6, 6.07) is 16.3. The second kappa shape index (κ2) is 5.93. The average Bonchev–Trinajstić information content (AvgIpc) is 2.66. The molecule has 3 aromatic rings. The molecule has 0 N–H and O–H groups in total. The van der Waals surface area contributed by atoms with Gasteiger partial charge >= 0.3 is 0 Å². The van der Waals surface area contributed by atoms with Crippen LogP contribution in [-0.2, 0) is 0 Å². The number of nitrogens with zero attached hydrogens (tertiary/aromatic N) is 2. The van der Waals surface area contributed by atoms with E-state index in [-0.39, 0.29) is 5.56 Å². The van der Waals surface area contributed by atoms with Crippen molar-refractivity contribution in [2.24, 2.45) is 5.10 Å². The second-order valence-electron chi connectivity index (χ2n) is 5.79. The Labute approximate surface area is 148 Å². The molecule has 0 radical (unpaired) electrons. The van der Waals surface area contributed by atoms with Crippen molar-refractivity contribution in [3.8, 4) is 0 Å². The lowest BCUT2D eigenvalue weighted by atomic mass is 9.95. The lowest BCUT2D eigenvalue weighted by molar-refractivity contribution is -0.255. The van der Waals surface area contributed by atoms with Gasteiger partial charge in [0.2, 0.25) is 0 Å². The molecule has 0 aromatic heterocycles. The zero-order valence-corrected chi connectivity index (χ0v) is 13.4. The Kier molecular flexibility index (Phi) is 3.58. The van der Waals surface area contributed by atoms with Crippen LogP contribution in [0.15, 0.2) is 65.8 Å². The van der Waals surface area contributed by atoms with Crippen molar-refractivity contribution in [3.05, 3.63) is 82.9 Å². The number of carbonyl (C=O) groups is 3. The second-order valence-corrected chi connectivity index (χ2v) is 5.79. The van der Waals surface area contributed by atoms with E-state index in [0.29, 0.717) is 22.1 Å². The quantitative estimate of drug-likeness (QED) is 0.536. The van der Waals surface area contributed by atoms with Gasteiger partial charge in [-0.25, -0.2) is 0 Å². The third-order valence-electron chi connectivity index (χ3n) is 4.22. The Hall–Kier alpha value is -3.80. The number of rotatable bonds is 3. The summed E-state index contributed by atoms with van der Waals surface area (Å²) in [6.45, 7) is 0. The Bertz CT molecular complexity index is 1050. The van der Waals surface area contributed by atoms with Gasteiger partial charge in [0.15, 0.2) is 0 Å². The summed E-state index contributed by atoms with van der Waals surface area (Å²) in [5, 5.41) is 17.1. The third kappa shape index (κ3) is 2.44. The molecule has 3 aromatic carbocycles. The van der Waals surface area contributed by atoms with Crippen LogP contribution < -0.4 is 5.11 Å². The molecule has 0 saturated carbocycles. The smallest absolute Gasteiger partial charge is 0.282 e. The van der Waals surface area contributed by atoms with Crippen molar-refractivity contribution in [2.75, 3.05) is 0 Å². The Morgan fingerprint density at radius 1 is 0.885 bits per heavy atom. The molecule has 26 heavy (non-hydrogen) atoms. The van der Waals surface area contributed by atoms with Gasteiger partial charge in [-0.15, -0.1) is 0 Å². The lowest BCUT2D eigenvalue weighted by Gasteiger charge is -2.22. The van der Waals surface area contributed by atoms with Crippen LogP contribution in [-0.4, -0.2) is 29.0 Å². The first-order valence-corrected chi connectivity index (χ1v) is 7.82. The number of hydrogen-bond donors (Lipinski definition) is 0. The van der Waals surface area contributed by atoms with E-state index in [2.05, 4.69) is 5.10 Å². The van der Waals surface area contributed by atoms with E-state index in [1.807, 2.05) is 12.1 Å². The minimum absolute atomic E-state index is 0.0351. The van der Waals surface area contributed by atoms with Crippen LogP contribution in [0.5, 0.6) is 0 Å². The van der Waals surface area contributed by atoms with Crippen molar-refractivity contribution in [1.29, 1.82) is 0 Å². The summed E-state index contributed by atoms with van der Waals surface area (Å²) < 4.78 is 0. The normalized spacial score (nSPS) is 13.6. The number of aromatic carboxylic acids is 1. The maximum absolute atomic E-state index is 12.7. The number of carboxylic acid groups (broad SMARTS) is 1. The molecule has 6 heteroatoms. The number of carbonyl (C=O) groups excluding carboxylic acids is 3. The Morgan fingerprint density at radius 3 is 2.00 bits per heavy atom. The summed E-state index contributed by atoms with van der Waals surface area (Å²) in [6.07, 6.45) is 1.34. The number of hydrogen-bond acceptors (Lipinski definition) is 5. The molecule has 0 spiro atoms. The monoisotopic (exact) mass is 343 g/mol. The molecule has 2 amide bonds. The van der Waals surface area contributed by atoms with E-state index in [0.717, 1.165) is 10.4 Å². The van der Waals surface area contributed by atoms with Gasteiger partial charge in [-0.1, -0.05) is 48.5 Å². The molecule has 0 bridgehead atoms. The number of hydrazone groups is 1. The Morgan fingerprint density at radius 2 is 1.46 bits per heavy atom. The van der Waals surface area contributed by atoms with E-state index in [1.165, 1.54) is 30.5 Å². The van der Waals surface area contributed by atoms with Crippen LogP contribution in [0, 0.1) is 0 Å². The Balaban J connectivity index is 1.71. The molecule has 0 aliphatic carbocycles. The van der Waals surface area contributed by atoms with Gasteiger partial charge in [-0.2, -0.15) is 10.1 Å². The maximum atomic E-state index is 12.7. The van der Waals surface area contributed by atoms with Gasteiger partial charge in [-0.05, 0) is 28.6 Å². The topological polar surface area (TPSA) is 89.9 Å². The van der Waals surface area contributed by atoms with Gasteiger partial charge in [0.05, 0.1) is 23.3 Å². The van der Waals surface area contributed by atoms with E-state index in [1.54, 1.807) is 24.3 Å². The molecular weight excluding hydrogens is 332 g/mol. The van der Waals surface area contributed by atoms with Gasteiger partial charge in [0.25, 0.3) is 11.8 Å². The molecule has 1 heterocycles. The summed E-state index contributed by atoms with van der Waals surface area (Å²) in [4.78, 5) is 36.1. The van der Waals surface area contributed by atoms with Crippen molar-refractivity contribution >= 4 is 34.8 Å². The minimum Gasteiger partial charge on any atom is -0.545 e. The average molecular weight is 343 g/mol. The highest BCUT2D eigenvalue weighted by Gasteiger charge is 2.32. The molecule has 1 aliphatic heterocycles. The van der Waals surface area contributed by atoms with Crippen molar-refractivity contribution < 1.29 is 19.5 Å². The first kappa shape index (κ1) is 15.7. The summed E-state index contributed by atoms with van der Waals surface area (Å²) in [5.74, 6) is -2.27. The molecular formula is C20H11N2O4-. The first-order chi connectivity index (χ1) is 12.6. The molecule has 6 nitrogen and oxygen atoms in total. The fraction of sp³-hybridized carbons (Fsp3) is 0. The fourth-order valence-electron chi connectivity index (χ4n) is 2.95. The summed E-state index contributed by atoms with van der Waals surface area (Å²) in [5.41, 5.74) is 1.42. The molecule has 0 unspecified atom stereocenters. The molecule has 0 saturated heterocycles. The van der Waals surface area contributed by atoms with Gasteiger partial charge < -0.3 is 9.90 Å². The van der Waals surface area contributed by atoms with Crippen molar-refractivity contribution in [3.63, 3.8) is 0 Å². The predicted octanol–water partition coefficient (Wildman–Crippen LogP) is 1.83. The van der Waals surface area contributed by atoms with E-state index in [4.69, 9.17) is 0 Å². The maximum Gasteiger partial charge on any atom is 0.282 e. The van der Waals surface area contributed by atoms with Gasteiger partial charge in [-0.3, -0.25) is 9.59 Å². The number of imide groups is 1. The highest BCUT2D eigenvalue weighted by Crippen LogP contribution is 2.29. The SMILES string of the molecule is O=C([O-])c1ccc(C=NN2C(=O)c3cccc4cccc(c34)C2=O)cc1. The van der Waals surface area contributed by atoms with E-state index < -0.39 is 17.8 Å². The first-order valence-electron chi connectivity index (χ1n) is 7.82. The molecule has 1 aliphatic rings. The zero-order valence-electron chi connectivity index (χ0n) is 13.4. The van der Waals surface area contributed by atoms with Gasteiger partial charge in [0, 0.05) is 5.39 Å². The third-order valence-corrected chi connectivity index (χ3v) is 4.22. The largest absolute Gasteiger partial charge is 0.545 e. The van der Waals surface area contributed by atoms with Gasteiger partial charge in [0.1, 0.15) is 0 Å². The van der Waals surface area contributed by atoms with Crippen LogP contribution in [0.25, 0.3) is 10.8 Å². The van der Waals surface area contributed by atoms with Crippen LogP contribution >= 0.6 is 0 Å². The molecule has 0 fully saturated rings. The number of carboxylic acids is 1. The van der Waals surface area contributed by atoms with Crippen molar-refractivity contribution in [1.82, 2.24) is 5.01 Å². The van der Waals surface area contributed by atoms with Crippen molar-refractivity contribution in [2.45, 2.75) is 0 Å². The van der Waals surface area contributed by atoms with Crippen LogP contribution in [0.3, 0.4) is 0 Å². The van der Waals surface area contributed by atoms with E-state index in [9.17, 15) is 19.5 Å².